The molecule has 0 radical (unpaired) electrons. The number of hydrogen-bond acceptors (Lipinski definition) is 9. The zero-order valence-corrected chi connectivity index (χ0v) is 9.06. The molecule has 0 amide bonds. The molecule has 0 heterocycles. The summed E-state index contributed by atoms with van der Waals surface area (Å²) in [5.41, 5.74) is 0. The molecule has 2 atom stereocenters. The molecule has 0 unspecified atom stereocenters. The summed E-state index contributed by atoms with van der Waals surface area (Å²) in [5.74, 6) is -7.11. The molecule has 0 spiro atoms. The zero-order valence-electron chi connectivity index (χ0n) is 8.24. The van der Waals surface area contributed by atoms with Crippen molar-refractivity contribution in [3.63, 3.8) is 0 Å². The van der Waals surface area contributed by atoms with Gasteiger partial charge in [-0.2, -0.15) is 0 Å². The van der Waals surface area contributed by atoms with Crippen LogP contribution in [0.25, 0.3) is 0 Å². The first kappa shape index (κ1) is 15.2. The number of carboxylic acids is 4. The third-order valence-corrected chi connectivity index (χ3v) is 2.93. The molecule has 0 fully saturated rings. The lowest BCUT2D eigenvalue weighted by Crippen LogP contribution is -2.43. The van der Waals surface area contributed by atoms with Gasteiger partial charge in [0.25, 0.3) is 0 Å². The zero-order chi connectivity index (χ0) is 13.6. The van der Waals surface area contributed by atoms with Crippen molar-refractivity contribution in [1.82, 2.24) is 0 Å². The summed E-state index contributed by atoms with van der Waals surface area (Å²) in [6, 6.07) is 0. The fraction of sp³-hybridized carbons (Fsp3) is 0.500. The number of carbonyl (C=O) groups excluding carboxylic acids is 4. The summed E-state index contributed by atoms with van der Waals surface area (Å²) in [6.45, 7) is 0. The van der Waals surface area contributed by atoms with Gasteiger partial charge >= 0.3 is 0 Å². The van der Waals surface area contributed by atoms with E-state index in [1.165, 1.54) is 0 Å². The van der Waals surface area contributed by atoms with Gasteiger partial charge in [0.15, 0.2) is 0 Å². The van der Waals surface area contributed by atoms with E-state index in [2.05, 4.69) is 0 Å². The SMILES string of the molecule is O=C([O-])C[C@@H](S[C@H](CC(=O)[O-])C(=O)[O-])C(=O)[O-]. The van der Waals surface area contributed by atoms with Gasteiger partial charge in [0, 0.05) is 24.8 Å². The summed E-state index contributed by atoms with van der Waals surface area (Å²) in [7, 11) is 0. The Hall–Kier alpha value is -1.77. The van der Waals surface area contributed by atoms with E-state index in [0.717, 1.165) is 0 Å². The van der Waals surface area contributed by atoms with Crippen molar-refractivity contribution in [1.29, 1.82) is 0 Å². The normalized spacial score (nSPS) is 13.6. The third-order valence-electron chi connectivity index (χ3n) is 1.56. The Balaban J connectivity index is 4.67. The average Bonchev–Trinajstić information content (AvgIpc) is 2.13. The number of carbonyl (C=O) groups is 4. The van der Waals surface area contributed by atoms with E-state index in [0.29, 0.717) is 0 Å². The van der Waals surface area contributed by atoms with E-state index in [-0.39, 0.29) is 11.8 Å². The monoisotopic (exact) mass is 262 g/mol. The predicted molar refractivity (Wildman–Crippen MR) is 44.4 cm³/mol. The Morgan fingerprint density at radius 2 is 1.06 bits per heavy atom. The standard InChI is InChI=1S/C8H10O8S/c9-5(10)1-3(7(13)14)17-4(8(15)16)2-6(11)12/h3-4H,1-2H2,(H,9,10)(H,11,12)(H,13,14)(H,15,16)/p-4/t3-,4-/m1/s1. The van der Waals surface area contributed by atoms with Gasteiger partial charge in [-0.3, -0.25) is 0 Å². The van der Waals surface area contributed by atoms with Crippen LogP contribution in [0.15, 0.2) is 0 Å². The second kappa shape index (κ2) is 6.74. The molecule has 0 bridgehead atoms. The highest BCUT2D eigenvalue weighted by Crippen LogP contribution is 2.22. The summed E-state index contributed by atoms with van der Waals surface area (Å²) in [4.78, 5) is 41.3. The van der Waals surface area contributed by atoms with E-state index in [1.54, 1.807) is 0 Å². The van der Waals surface area contributed by atoms with Gasteiger partial charge in [0.1, 0.15) is 0 Å². The highest BCUT2D eigenvalue weighted by atomic mass is 32.2. The fourth-order valence-electron chi connectivity index (χ4n) is 0.875. The quantitative estimate of drug-likeness (QED) is 0.414. The van der Waals surface area contributed by atoms with Crippen LogP contribution in [-0.2, 0) is 19.2 Å². The molecular weight excluding hydrogens is 256 g/mol. The molecular formula is C8H6O8S-4. The number of thioether (sulfide) groups is 1. The molecule has 96 valence electrons. The van der Waals surface area contributed by atoms with Crippen LogP contribution in [0, 0.1) is 0 Å². The van der Waals surface area contributed by atoms with Crippen LogP contribution >= 0.6 is 11.8 Å². The van der Waals surface area contributed by atoms with Gasteiger partial charge in [-0.1, -0.05) is 0 Å². The van der Waals surface area contributed by atoms with Crippen LogP contribution < -0.4 is 20.4 Å². The van der Waals surface area contributed by atoms with Crippen LogP contribution in [0.4, 0.5) is 0 Å². The van der Waals surface area contributed by atoms with E-state index in [4.69, 9.17) is 0 Å². The molecule has 0 saturated carbocycles. The number of rotatable bonds is 8. The molecule has 0 aliphatic rings. The van der Waals surface area contributed by atoms with Gasteiger partial charge in [-0.15, -0.1) is 11.8 Å². The van der Waals surface area contributed by atoms with E-state index in [1.807, 2.05) is 0 Å². The largest absolute Gasteiger partial charge is 0.550 e. The summed E-state index contributed by atoms with van der Waals surface area (Å²) in [6.07, 6.45) is -1.99. The van der Waals surface area contributed by atoms with Crippen LogP contribution in [-0.4, -0.2) is 34.4 Å². The second-order valence-electron chi connectivity index (χ2n) is 2.90. The minimum absolute atomic E-state index is 0.0969. The van der Waals surface area contributed by atoms with Gasteiger partial charge < -0.3 is 39.6 Å². The van der Waals surface area contributed by atoms with Gasteiger partial charge in [0.2, 0.25) is 0 Å². The first-order valence-electron chi connectivity index (χ1n) is 4.21. The van der Waals surface area contributed by atoms with Crippen molar-refractivity contribution in [2.75, 3.05) is 0 Å². The van der Waals surface area contributed by atoms with Crippen molar-refractivity contribution in [2.24, 2.45) is 0 Å². The summed E-state index contributed by atoms with van der Waals surface area (Å²) in [5, 5.41) is 37.9. The topological polar surface area (TPSA) is 161 Å². The highest BCUT2D eigenvalue weighted by molar-refractivity contribution is 8.01. The Bertz CT molecular complexity index is 306. The van der Waals surface area contributed by atoms with Gasteiger partial charge in [-0.25, -0.2) is 0 Å². The maximum Gasteiger partial charge on any atom is 0.0548 e. The van der Waals surface area contributed by atoms with Crippen LogP contribution in [0.1, 0.15) is 12.8 Å². The summed E-state index contributed by atoms with van der Waals surface area (Å²) < 4.78 is 0. The van der Waals surface area contributed by atoms with E-state index < -0.39 is 47.2 Å². The first-order chi connectivity index (χ1) is 7.73. The van der Waals surface area contributed by atoms with Crippen LogP contribution in [0.3, 0.4) is 0 Å². The van der Waals surface area contributed by atoms with Crippen molar-refractivity contribution in [3.05, 3.63) is 0 Å². The number of aliphatic carboxylic acids is 4. The first-order valence-corrected chi connectivity index (χ1v) is 5.15. The Morgan fingerprint density at radius 3 is 1.24 bits per heavy atom. The van der Waals surface area contributed by atoms with Gasteiger partial charge in [0.05, 0.1) is 22.4 Å². The lowest BCUT2D eigenvalue weighted by molar-refractivity contribution is -0.315. The fourth-order valence-corrected chi connectivity index (χ4v) is 1.96. The molecule has 0 aliphatic heterocycles. The molecule has 0 aliphatic carbocycles. The van der Waals surface area contributed by atoms with E-state index >= 15 is 0 Å². The molecule has 17 heavy (non-hydrogen) atoms. The second-order valence-corrected chi connectivity index (χ2v) is 4.31. The molecule has 0 aromatic heterocycles. The minimum atomic E-state index is -1.83. The molecule has 0 aromatic carbocycles. The third kappa shape index (κ3) is 6.40. The van der Waals surface area contributed by atoms with E-state index in [9.17, 15) is 39.6 Å². The smallest absolute Gasteiger partial charge is 0.0548 e. The molecule has 0 N–H and O–H groups in total. The van der Waals surface area contributed by atoms with Crippen molar-refractivity contribution >= 4 is 35.6 Å². The number of carboxylic acid groups (broad SMARTS) is 4. The van der Waals surface area contributed by atoms with Crippen molar-refractivity contribution < 1.29 is 39.6 Å². The molecule has 8 nitrogen and oxygen atoms in total. The Kier molecular flexibility index (Phi) is 6.03. The number of hydrogen-bond donors (Lipinski definition) is 0. The maximum absolute atomic E-state index is 10.5. The lowest BCUT2D eigenvalue weighted by atomic mass is 10.3. The van der Waals surface area contributed by atoms with Crippen molar-refractivity contribution in [3.8, 4) is 0 Å². The molecule has 0 aromatic rings. The average molecular weight is 262 g/mol. The lowest BCUT2D eigenvalue weighted by Gasteiger charge is -2.25. The molecule has 9 heteroatoms. The molecule has 0 rings (SSSR count). The Labute approximate surface area is 99.2 Å². The van der Waals surface area contributed by atoms with Crippen LogP contribution in [0.5, 0.6) is 0 Å². The predicted octanol–water partition coefficient (Wildman–Crippen LogP) is -5.76. The van der Waals surface area contributed by atoms with Crippen LogP contribution in [0.2, 0.25) is 0 Å². The molecule has 0 saturated heterocycles. The van der Waals surface area contributed by atoms with Crippen molar-refractivity contribution in [2.45, 2.75) is 23.3 Å². The maximum atomic E-state index is 10.5. The highest BCUT2D eigenvalue weighted by Gasteiger charge is 2.19. The summed E-state index contributed by atoms with van der Waals surface area (Å²) >= 11 is 0.0969. The van der Waals surface area contributed by atoms with Gasteiger partial charge in [-0.05, 0) is 0 Å². The minimum Gasteiger partial charge on any atom is -0.550 e. The Morgan fingerprint density at radius 1 is 0.765 bits per heavy atom.